The van der Waals surface area contributed by atoms with Gasteiger partial charge in [0.25, 0.3) is 0 Å². The highest BCUT2D eigenvalue weighted by Crippen LogP contribution is 2.28. The molecule has 0 heterocycles. The molecule has 3 atom stereocenters. The average Bonchev–Trinajstić information content (AvgIpc) is 1.82. The zero-order valence-electron chi connectivity index (χ0n) is 5.40. The molecule has 0 aromatic rings. The fraction of sp³-hybridized carbons (Fsp3) is 0.500. The van der Waals surface area contributed by atoms with Crippen molar-refractivity contribution in [3.05, 3.63) is 17.6 Å². The van der Waals surface area contributed by atoms with Crippen LogP contribution in [-0.4, -0.2) is 6.16 Å². The summed E-state index contributed by atoms with van der Waals surface area (Å²) < 4.78 is 0. The zero-order valence-corrected chi connectivity index (χ0v) is 7.40. The monoisotopic (exact) mass is 166 g/mol. The Bertz CT molecular complexity index is 98.6. The highest BCUT2D eigenvalue weighted by atomic mass is 32.0. The van der Waals surface area contributed by atoms with Crippen LogP contribution in [0.2, 0.25) is 0 Å². The second-order valence-electron chi connectivity index (χ2n) is 1.51. The molecule has 5 heteroatoms. The number of nitrogens with one attached hydrogen (secondary N) is 1. The van der Waals surface area contributed by atoms with E-state index in [4.69, 9.17) is 5.73 Å². The molecule has 0 aliphatic carbocycles. The standard InChI is InChI=1S/C4H12N2OP2/c1-3-8-9-6(7)4(2)5/h6,8-9H,2-3,5H2,1H3. The van der Waals surface area contributed by atoms with Crippen LogP contribution in [0, 0.1) is 5.21 Å². The summed E-state index contributed by atoms with van der Waals surface area (Å²) in [7, 11) is 1.08. The second kappa shape index (κ2) is 5.13. The molecule has 0 aliphatic rings. The van der Waals surface area contributed by atoms with Gasteiger partial charge in [0.05, 0.1) is 0 Å². The first-order valence-corrected chi connectivity index (χ1v) is 5.86. The quantitative estimate of drug-likeness (QED) is 0.456. The summed E-state index contributed by atoms with van der Waals surface area (Å²) in [4.78, 5) is 0.0233. The molecule has 0 aromatic carbocycles. The molecular formula is C4H12N2OP2. The zero-order chi connectivity index (χ0) is 7.28. The minimum absolute atomic E-state index is 0.0233. The van der Waals surface area contributed by atoms with E-state index in [1.807, 2.05) is 0 Å². The van der Waals surface area contributed by atoms with Gasteiger partial charge in [0.15, 0.2) is 5.82 Å². The van der Waals surface area contributed by atoms with E-state index in [1.54, 1.807) is 0 Å². The topological polar surface area (TPSA) is 53.5 Å². The molecule has 0 rings (SSSR count). The molecule has 3 N–H and O–H groups in total. The first-order valence-electron chi connectivity index (χ1n) is 2.66. The Labute approximate surface area is 58.8 Å². The van der Waals surface area contributed by atoms with Crippen LogP contribution in [0.5, 0.6) is 0 Å². The Morgan fingerprint density at radius 3 is 2.78 bits per heavy atom. The number of nitrogens with two attached hydrogens (primary N) is 1. The number of quaternary nitrogens is 1. The molecule has 0 spiro atoms. The Morgan fingerprint density at radius 2 is 2.44 bits per heavy atom. The SMILES string of the molecule is C=C(N)[NH+]([O-])PPCC. The molecule has 0 radical (unpaired) electrons. The van der Waals surface area contributed by atoms with Gasteiger partial charge in [0, 0.05) is 0 Å². The van der Waals surface area contributed by atoms with Gasteiger partial charge in [0.2, 0.25) is 0 Å². The lowest BCUT2D eigenvalue weighted by molar-refractivity contribution is -0.653. The van der Waals surface area contributed by atoms with Crippen LogP contribution >= 0.6 is 16.7 Å². The molecular weight excluding hydrogens is 154 g/mol. The number of hydrogen-bond donors (Lipinski definition) is 2. The van der Waals surface area contributed by atoms with Crippen molar-refractivity contribution in [2.75, 3.05) is 6.16 Å². The van der Waals surface area contributed by atoms with Crippen LogP contribution in [-0.2, 0) is 0 Å². The molecule has 0 amide bonds. The van der Waals surface area contributed by atoms with Crippen molar-refractivity contribution in [3.8, 4) is 0 Å². The predicted octanol–water partition coefficient (Wildman–Crippen LogP) is 0.00590. The maximum atomic E-state index is 10.7. The van der Waals surface area contributed by atoms with Crippen molar-refractivity contribution in [2.24, 2.45) is 5.73 Å². The molecule has 9 heavy (non-hydrogen) atoms. The van der Waals surface area contributed by atoms with Crippen LogP contribution in [0.25, 0.3) is 0 Å². The average molecular weight is 166 g/mol. The molecule has 0 fully saturated rings. The number of hydroxylamine groups is 1. The smallest absolute Gasteiger partial charge is 0.190 e. The van der Waals surface area contributed by atoms with Crippen LogP contribution in [0.1, 0.15) is 6.92 Å². The molecule has 0 saturated heterocycles. The Kier molecular flexibility index (Phi) is 5.31. The summed E-state index contributed by atoms with van der Waals surface area (Å²) in [5.74, 6) is 0.203. The van der Waals surface area contributed by atoms with E-state index in [0.29, 0.717) is 8.42 Å². The third-order valence-corrected chi connectivity index (χ3v) is 4.02. The van der Waals surface area contributed by atoms with E-state index in [2.05, 4.69) is 13.5 Å². The van der Waals surface area contributed by atoms with E-state index in [1.165, 1.54) is 0 Å². The van der Waals surface area contributed by atoms with Gasteiger partial charge in [0.1, 0.15) is 8.42 Å². The van der Waals surface area contributed by atoms with E-state index in [9.17, 15) is 5.21 Å². The second-order valence-corrected chi connectivity index (χ2v) is 5.09. The van der Waals surface area contributed by atoms with Crippen molar-refractivity contribution in [1.82, 2.24) is 0 Å². The van der Waals surface area contributed by atoms with Gasteiger partial charge in [-0.2, -0.15) is 0 Å². The fourth-order valence-electron chi connectivity index (χ4n) is 0.249. The Balaban J connectivity index is 3.27. The van der Waals surface area contributed by atoms with E-state index in [-0.39, 0.29) is 10.7 Å². The van der Waals surface area contributed by atoms with Gasteiger partial charge in [-0.05, 0) is 21.0 Å². The summed E-state index contributed by atoms with van der Waals surface area (Å²) >= 11 is 0. The van der Waals surface area contributed by atoms with Gasteiger partial charge in [-0.15, -0.1) is 0 Å². The van der Waals surface area contributed by atoms with Crippen molar-refractivity contribution in [2.45, 2.75) is 6.92 Å². The minimum atomic E-state index is 0.0233. The van der Waals surface area contributed by atoms with Crippen molar-refractivity contribution in [3.63, 3.8) is 0 Å². The first kappa shape index (κ1) is 9.32. The molecule has 3 nitrogen and oxygen atoms in total. The lowest BCUT2D eigenvalue weighted by atomic mass is 10.9. The first-order chi connectivity index (χ1) is 4.18. The van der Waals surface area contributed by atoms with Crippen molar-refractivity contribution >= 4 is 16.7 Å². The predicted molar refractivity (Wildman–Crippen MR) is 44.8 cm³/mol. The van der Waals surface area contributed by atoms with Gasteiger partial charge in [-0.3, -0.25) is 0 Å². The normalized spacial score (nSPS) is 15.8. The van der Waals surface area contributed by atoms with Crippen molar-refractivity contribution in [1.29, 1.82) is 0 Å². The minimum Gasteiger partial charge on any atom is -0.627 e. The highest BCUT2D eigenvalue weighted by Gasteiger charge is 1.95. The van der Waals surface area contributed by atoms with Crippen LogP contribution in [0.3, 0.4) is 0 Å². The fourth-order valence-corrected chi connectivity index (χ4v) is 2.24. The van der Waals surface area contributed by atoms with Gasteiger partial charge in [-0.25, -0.2) is 0 Å². The van der Waals surface area contributed by atoms with E-state index >= 15 is 0 Å². The van der Waals surface area contributed by atoms with Crippen LogP contribution in [0.4, 0.5) is 0 Å². The summed E-state index contributed by atoms with van der Waals surface area (Å²) in [5, 5.41) is 10.7. The third-order valence-electron chi connectivity index (χ3n) is 0.670. The summed E-state index contributed by atoms with van der Waals surface area (Å²) in [5.41, 5.74) is 5.14. The summed E-state index contributed by atoms with van der Waals surface area (Å²) in [6.07, 6.45) is 1.07. The van der Waals surface area contributed by atoms with Gasteiger partial charge >= 0.3 is 0 Å². The molecule has 0 aliphatic heterocycles. The maximum Gasteiger partial charge on any atom is 0.190 e. The maximum absolute atomic E-state index is 10.7. The summed E-state index contributed by atoms with van der Waals surface area (Å²) in [6.45, 7) is 5.40. The Morgan fingerprint density at radius 1 is 1.89 bits per heavy atom. The molecule has 3 unspecified atom stereocenters. The number of rotatable bonds is 4. The molecule has 0 bridgehead atoms. The van der Waals surface area contributed by atoms with Crippen LogP contribution < -0.4 is 10.6 Å². The van der Waals surface area contributed by atoms with E-state index < -0.39 is 0 Å². The van der Waals surface area contributed by atoms with Crippen molar-refractivity contribution < 1.29 is 4.83 Å². The third kappa shape index (κ3) is 4.80. The Hall–Kier alpha value is 0.320. The lowest BCUT2D eigenvalue weighted by Gasteiger charge is -2.18. The molecule has 54 valence electrons. The van der Waals surface area contributed by atoms with Crippen LogP contribution in [0.15, 0.2) is 12.4 Å². The number of hydrogen-bond acceptors (Lipinski definition) is 2. The van der Waals surface area contributed by atoms with Gasteiger partial charge < -0.3 is 15.8 Å². The lowest BCUT2D eigenvalue weighted by Crippen LogP contribution is -2.97. The van der Waals surface area contributed by atoms with Gasteiger partial charge in [-0.1, -0.05) is 6.92 Å². The highest BCUT2D eigenvalue weighted by molar-refractivity contribution is 8.08. The molecule has 0 saturated carbocycles. The largest absolute Gasteiger partial charge is 0.627 e. The van der Waals surface area contributed by atoms with E-state index in [0.717, 1.165) is 14.4 Å². The molecule has 0 aromatic heterocycles. The summed E-state index contributed by atoms with van der Waals surface area (Å²) in [6, 6.07) is 0.